The van der Waals surface area contributed by atoms with Crippen LogP contribution in [-0.2, 0) is 10.8 Å². The van der Waals surface area contributed by atoms with Gasteiger partial charge in [-0.25, -0.2) is 0 Å². The first-order chi connectivity index (χ1) is 20.3. The summed E-state index contributed by atoms with van der Waals surface area (Å²) >= 11 is 1.92. The Morgan fingerprint density at radius 1 is 0.558 bits per heavy atom. The quantitative estimate of drug-likeness (QED) is 0.166. The van der Waals surface area contributed by atoms with Crippen molar-refractivity contribution in [2.45, 2.75) is 93.9 Å². The normalized spacial score (nSPS) is 13.4. The van der Waals surface area contributed by atoms with Crippen LogP contribution in [0.2, 0.25) is 0 Å². The van der Waals surface area contributed by atoms with Crippen molar-refractivity contribution >= 4 is 42.3 Å². The van der Waals surface area contributed by atoms with Crippen LogP contribution in [0.1, 0.15) is 94.2 Å². The van der Waals surface area contributed by atoms with Gasteiger partial charge in [-0.2, -0.15) is 0 Å². The first-order valence-corrected chi connectivity index (χ1v) is 17.5. The van der Waals surface area contributed by atoms with E-state index in [1.807, 2.05) is 17.5 Å². The number of aromatic nitrogens is 1. The largest absolute Gasteiger partial charge is 0.255 e. The maximum absolute atomic E-state index is 5.10. The second-order valence-electron chi connectivity index (χ2n) is 14.9. The molecule has 2 heterocycles. The third kappa shape index (κ3) is 4.75. The minimum absolute atomic E-state index is 0.0481. The lowest BCUT2D eigenvalue weighted by atomic mass is 9.57. The van der Waals surface area contributed by atoms with Crippen molar-refractivity contribution in [3.8, 4) is 11.3 Å². The maximum atomic E-state index is 5.10. The molecule has 0 radical (unpaired) electrons. The first kappa shape index (κ1) is 31.7. The highest BCUT2D eigenvalue weighted by Gasteiger charge is 2.43. The minimum atomic E-state index is 0.0481. The average molecular weight is 592 g/mol. The fourth-order valence-electron chi connectivity index (χ4n) is 9.92. The van der Waals surface area contributed by atoms with Crippen LogP contribution >= 0.6 is 11.3 Å². The van der Waals surface area contributed by atoms with Gasteiger partial charge in [-0.05, 0) is 81.7 Å². The van der Waals surface area contributed by atoms with Gasteiger partial charge in [0.1, 0.15) is 0 Å². The predicted molar refractivity (Wildman–Crippen MR) is 192 cm³/mol. The Kier molecular flexibility index (Phi) is 8.60. The summed E-state index contributed by atoms with van der Waals surface area (Å²) in [6.45, 7) is 28.9. The van der Waals surface area contributed by atoms with E-state index < -0.39 is 0 Å². The zero-order valence-electron chi connectivity index (χ0n) is 28.7. The van der Waals surface area contributed by atoms with E-state index in [2.05, 4.69) is 144 Å². The van der Waals surface area contributed by atoms with Crippen molar-refractivity contribution in [3.63, 3.8) is 0 Å². The molecule has 2 heteroatoms. The molecule has 0 aliphatic carbocycles. The fourth-order valence-corrected chi connectivity index (χ4v) is 11.2. The molecule has 0 spiro atoms. The molecule has 5 aromatic rings. The molecule has 0 bridgehead atoms. The van der Waals surface area contributed by atoms with E-state index in [0.717, 1.165) is 5.69 Å². The van der Waals surface area contributed by atoms with Gasteiger partial charge in [0.2, 0.25) is 0 Å². The second kappa shape index (κ2) is 11.7. The Bertz CT molecular complexity index is 1700. The van der Waals surface area contributed by atoms with Gasteiger partial charge in [-0.15, -0.1) is 11.3 Å². The molecular weight excluding hydrogens is 539 g/mol. The third-order valence-electron chi connectivity index (χ3n) is 11.2. The Hall–Kier alpha value is -2.71. The van der Waals surface area contributed by atoms with E-state index >= 15 is 0 Å². The van der Waals surface area contributed by atoms with E-state index in [4.69, 9.17) is 4.98 Å². The number of pyridine rings is 1. The smallest absolute Gasteiger partial charge is 0.0880 e. The van der Waals surface area contributed by atoms with Crippen LogP contribution < -0.4 is 0 Å². The molecule has 5 rings (SSSR count). The van der Waals surface area contributed by atoms with Crippen molar-refractivity contribution in [2.75, 3.05) is 0 Å². The highest BCUT2D eigenvalue weighted by molar-refractivity contribution is 7.26. The highest BCUT2D eigenvalue weighted by Crippen LogP contribution is 2.51. The van der Waals surface area contributed by atoms with Crippen molar-refractivity contribution in [1.82, 2.24) is 4.98 Å². The zero-order valence-corrected chi connectivity index (χ0v) is 29.5. The zero-order chi connectivity index (χ0) is 31.4. The van der Waals surface area contributed by atoms with Crippen LogP contribution in [0.5, 0.6) is 0 Å². The van der Waals surface area contributed by atoms with E-state index in [1.54, 1.807) is 0 Å². The number of hydrogen-bond donors (Lipinski definition) is 0. The maximum Gasteiger partial charge on any atom is 0.0880 e. The molecule has 0 atom stereocenters. The third-order valence-corrected chi connectivity index (χ3v) is 12.4. The molecule has 2 aromatic heterocycles. The van der Waals surface area contributed by atoms with E-state index in [9.17, 15) is 0 Å². The first-order valence-electron chi connectivity index (χ1n) is 16.6. The van der Waals surface area contributed by atoms with Gasteiger partial charge in [0.05, 0.1) is 10.4 Å². The molecule has 1 nitrogen and oxygen atoms in total. The van der Waals surface area contributed by atoms with Crippen LogP contribution in [0, 0.1) is 35.5 Å². The molecule has 3 aromatic carbocycles. The average Bonchev–Trinajstić information content (AvgIpc) is 3.30. The Morgan fingerprint density at radius 2 is 1.14 bits per heavy atom. The lowest BCUT2D eigenvalue weighted by molar-refractivity contribution is 0.148. The predicted octanol–water partition coefficient (Wildman–Crippen LogP) is 12.7. The number of hydrogen-bond acceptors (Lipinski definition) is 2. The van der Waals surface area contributed by atoms with Crippen molar-refractivity contribution in [1.29, 1.82) is 0 Å². The summed E-state index contributed by atoms with van der Waals surface area (Å²) in [6, 6.07) is 23.4. The van der Waals surface area contributed by atoms with Crippen LogP contribution in [0.3, 0.4) is 0 Å². The molecule has 0 amide bonds. The fraction of sp³-hybridized carbons (Fsp3) is 0.488. The van der Waals surface area contributed by atoms with Gasteiger partial charge in [0.15, 0.2) is 0 Å². The van der Waals surface area contributed by atoms with Crippen LogP contribution in [0.25, 0.3) is 42.2 Å². The van der Waals surface area contributed by atoms with Gasteiger partial charge >= 0.3 is 0 Å². The summed E-state index contributed by atoms with van der Waals surface area (Å²) < 4.78 is 2.67. The van der Waals surface area contributed by atoms with Crippen LogP contribution in [0.4, 0.5) is 0 Å². The van der Waals surface area contributed by atoms with E-state index in [-0.39, 0.29) is 10.8 Å². The monoisotopic (exact) mass is 591 g/mol. The van der Waals surface area contributed by atoms with Gasteiger partial charge in [-0.3, -0.25) is 4.98 Å². The van der Waals surface area contributed by atoms with Crippen molar-refractivity contribution < 1.29 is 0 Å². The second-order valence-corrected chi connectivity index (χ2v) is 15.9. The van der Waals surface area contributed by atoms with Crippen molar-refractivity contribution in [3.05, 3.63) is 78.0 Å². The summed E-state index contributed by atoms with van der Waals surface area (Å²) in [4.78, 5) is 5.10. The summed E-state index contributed by atoms with van der Waals surface area (Å²) in [5.74, 6) is 3.16. The summed E-state index contributed by atoms with van der Waals surface area (Å²) in [6.07, 6.45) is 2.02. The van der Waals surface area contributed by atoms with Gasteiger partial charge < -0.3 is 0 Å². The van der Waals surface area contributed by atoms with Crippen LogP contribution in [0.15, 0.2) is 66.9 Å². The Labute approximate surface area is 265 Å². The SMILES string of the molecule is CC(C)C(c1ccc2c(c1)sc1c(-c3cc(C(C(C)C)(C(C)C)C(C)C)c4ccccc4c3)nccc12)(C(C)C)C(C)C. The van der Waals surface area contributed by atoms with Crippen molar-refractivity contribution in [2.24, 2.45) is 35.5 Å². The highest BCUT2D eigenvalue weighted by atomic mass is 32.1. The molecule has 0 saturated heterocycles. The molecule has 0 aliphatic rings. The lowest BCUT2D eigenvalue weighted by Crippen LogP contribution is -2.43. The number of fused-ring (bicyclic) bond motifs is 4. The molecule has 0 fully saturated rings. The summed E-state index contributed by atoms with van der Waals surface area (Å²) in [7, 11) is 0. The molecule has 0 saturated carbocycles. The summed E-state index contributed by atoms with van der Waals surface area (Å²) in [5, 5.41) is 5.35. The molecule has 0 N–H and O–H groups in total. The Balaban J connectivity index is 1.80. The van der Waals surface area contributed by atoms with Gasteiger partial charge in [0.25, 0.3) is 0 Å². The molecule has 0 unspecified atom stereocenters. The number of thiophene rings is 1. The molecule has 228 valence electrons. The number of nitrogens with zero attached hydrogens (tertiary/aromatic N) is 1. The van der Waals surface area contributed by atoms with Crippen LogP contribution in [-0.4, -0.2) is 4.98 Å². The van der Waals surface area contributed by atoms with Gasteiger partial charge in [0, 0.05) is 38.1 Å². The lowest BCUT2D eigenvalue weighted by Gasteiger charge is -2.46. The topological polar surface area (TPSA) is 12.9 Å². The minimum Gasteiger partial charge on any atom is -0.255 e. The number of rotatable bonds is 9. The summed E-state index contributed by atoms with van der Waals surface area (Å²) in [5.41, 5.74) is 5.47. The Morgan fingerprint density at radius 3 is 1.72 bits per heavy atom. The molecule has 0 aliphatic heterocycles. The van der Waals surface area contributed by atoms with E-state index in [1.165, 1.54) is 47.6 Å². The molecule has 43 heavy (non-hydrogen) atoms. The molecular formula is C41H53NS. The van der Waals surface area contributed by atoms with E-state index in [0.29, 0.717) is 35.5 Å². The number of benzene rings is 3. The standard InChI is InChI=1S/C41H53NS/c1-24(2)40(25(3)4,26(5)6)32-17-18-34-35-19-20-42-38(39(35)43-37(34)23-32)31-21-30-15-13-14-16-33(30)36(22-31)41(27(7)8,28(9)10)29(11)12/h13-29H,1-12H3. The van der Waals surface area contributed by atoms with Gasteiger partial charge in [-0.1, -0.05) is 119 Å².